The van der Waals surface area contributed by atoms with Crippen molar-refractivity contribution in [3.63, 3.8) is 0 Å². The van der Waals surface area contributed by atoms with Gasteiger partial charge in [-0.25, -0.2) is 0 Å². The van der Waals surface area contributed by atoms with Gasteiger partial charge in [-0.2, -0.15) is 0 Å². The van der Waals surface area contributed by atoms with E-state index in [1.54, 1.807) is 6.92 Å². The fourth-order valence-electron chi connectivity index (χ4n) is 1.77. The van der Waals surface area contributed by atoms with E-state index in [1.807, 2.05) is 13.0 Å². The second-order valence-corrected chi connectivity index (χ2v) is 4.72. The van der Waals surface area contributed by atoms with Crippen LogP contribution in [0.2, 0.25) is 0 Å². The van der Waals surface area contributed by atoms with Crippen molar-refractivity contribution in [1.82, 2.24) is 0 Å². The van der Waals surface area contributed by atoms with Gasteiger partial charge in [0.05, 0.1) is 0 Å². The first-order valence-electron chi connectivity index (χ1n) is 5.16. The van der Waals surface area contributed by atoms with E-state index in [-0.39, 0.29) is 5.78 Å². The van der Waals surface area contributed by atoms with E-state index in [0.717, 1.165) is 27.1 Å². The van der Waals surface area contributed by atoms with Crippen molar-refractivity contribution in [2.75, 3.05) is 13.2 Å². The molecule has 1 aromatic rings. The summed E-state index contributed by atoms with van der Waals surface area (Å²) in [4.78, 5) is 11.3. The molecule has 0 unspecified atom stereocenters. The van der Waals surface area contributed by atoms with Gasteiger partial charge in [-0.1, -0.05) is 15.9 Å². The number of ether oxygens (including phenoxy) is 2. The molecular weight excluding hydrogens is 272 g/mol. The molecule has 0 spiro atoms. The molecule has 0 aromatic heterocycles. The highest BCUT2D eigenvalue weighted by atomic mass is 79.9. The molecule has 1 aromatic carbocycles. The fraction of sp³-hybridized carbons (Fsp3) is 0.417. The summed E-state index contributed by atoms with van der Waals surface area (Å²) in [5.74, 6) is 1.57. The van der Waals surface area contributed by atoms with Crippen molar-refractivity contribution in [3.05, 3.63) is 21.7 Å². The minimum atomic E-state index is 0.123. The summed E-state index contributed by atoms with van der Waals surface area (Å²) in [6.45, 7) is 4.65. The van der Waals surface area contributed by atoms with Crippen molar-refractivity contribution < 1.29 is 14.3 Å². The third kappa shape index (κ3) is 2.07. The van der Waals surface area contributed by atoms with Crippen LogP contribution in [0.1, 0.15) is 18.1 Å². The van der Waals surface area contributed by atoms with Gasteiger partial charge in [-0.3, -0.25) is 4.79 Å². The minimum Gasteiger partial charge on any atom is -0.486 e. The average Bonchev–Trinajstić information content (AvgIpc) is 2.24. The predicted molar refractivity (Wildman–Crippen MR) is 64.3 cm³/mol. The molecule has 0 N–H and O–H groups in total. The van der Waals surface area contributed by atoms with Crippen LogP contribution in [0.25, 0.3) is 0 Å². The third-order valence-electron chi connectivity index (χ3n) is 2.58. The van der Waals surface area contributed by atoms with Gasteiger partial charge in [0.1, 0.15) is 19.0 Å². The van der Waals surface area contributed by atoms with Gasteiger partial charge < -0.3 is 9.47 Å². The minimum absolute atomic E-state index is 0.123. The summed E-state index contributed by atoms with van der Waals surface area (Å²) >= 11 is 3.47. The molecule has 0 fully saturated rings. The summed E-state index contributed by atoms with van der Waals surface area (Å²) < 4.78 is 12.1. The summed E-state index contributed by atoms with van der Waals surface area (Å²) in [5, 5.41) is 0. The van der Waals surface area contributed by atoms with Gasteiger partial charge in [-0.05, 0) is 25.5 Å². The largest absolute Gasteiger partial charge is 0.486 e. The van der Waals surface area contributed by atoms with Gasteiger partial charge in [0.25, 0.3) is 0 Å². The average molecular weight is 285 g/mol. The Morgan fingerprint density at radius 1 is 1.44 bits per heavy atom. The first-order chi connectivity index (χ1) is 7.59. The van der Waals surface area contributed by atoms with Gasteiger partial charge in [0.2, 0.25) is 0 Å². The Kier molecular flexibility index (Phi) is 3.19. The molecule has 0 saturated heterocycles. The second kappa shape index (κ2) is 4.45. The number of hydrogen-bond donors (Lipinski definition) is 0. The summed E-state index contributed by atoms with van der Waals surface area (Å²) in [6.07, 6.45) is 0.386. The Balaban J connectivity index is 2.54. The standard InChI is InChI=1S/C12H13BrO3/c1-7(14)5-9-8(2)10(13)6-11-12(9)16-4-3-15-11/h6H,3-5H2,1-2H3. The van der Waals surface area contributed by atoms with Crippen molar-refractivity contribution in [2.45, 2.75) is 20.3 Å². The molecule has 3 nitrogen and oxygen atoms in total. The van der Waals surface area contributed by atoms with Crippen LogP contribution in [0.5, 0.6) is 11.5 Å². The Hall–Kier alpha value is -1.03. The van der Waals surface area contributed by atoms with Gasteiger partial charge >= 0.3 is 0 Å². The highest BCUT2D eigenvalue weighted by Gasteiger charge is 2.20. The van der Waals surface area contributed by atoms with Crippen molar-refractivity contribution in [3.8, 4) is 11.5 Å². The molecule has 0 bridgehead atoms. The van der Waals surface area contributed by atoms with Gasteiger partial charge in [0, 0.05) is 16.5 Å². The van der Waals surface area contributed by atoms with Crippen molar-refractivity contribution >= 4 is 21.7 Å². The normalized spacial score (nSPS) is 13.7. The van der Waals surface area contributed by atoms with Crippen LogP contribution in [0.3, 0.4) is 0 Å². The lowest BCUT2D eigenvalue weighted by Gasteiger charge is -2.23. The Morgan fingerprint density at radius 2 is 2.12 bits per heavy atom. The van der Waals surface area contributed by atoms with Crippen LogP contribution < -0.4 is 9.47 Å². The molecule has 1 aliphatic rings. The number of ketones is 1. The number of Topliss-reactive ketones (excluding diaryl/α,β-unsaturated/α-hetero) is 1. The molecule has 0 amide bonds. The topological polar surface area (TPSA) is 35.5 Å². The number of rotatable bonds is 2. The van der Waals surface area contributed by atoms with E-state index in [1.165, 1.54) is 0 Å². The number of benzene rings is 1. The number of halogens is 1. The third-order valence-corrected chi connectivity index (χ3v) is 3.40. The van der Waals surface area contributed by atoms with E-state index >= 15 is 0 Å². The Bertz CT molecular complexity index is 440. The van der Waals surface area contributed by atoms with Crippen molar-refractivity contribution in [2.24, 2.45) is 0 Å². The molecule has 0 atom stereocenters. The molecular formula is C12H13BrO3. The zero-order valence-electron chi connectivity index (χ0n) is 9.30. The number of carbonyl (C=O) groups excluding carboxylic acids is 1. The van der Waals surface area contributed by atoms with Crippen LogP contribution in [-0.4, -0.2) is 19.0 Å². The van der Waals surface area contributed by atoms with Crippen LogP contribution in [-0.2, 0) is 11.2 Å². The first-order valence-corrected chi connectivity index (χ1v) is 5.96. The molecule has 16 heavy (non-hydrogen) atoms. The first kappa shape index (κ1) is 11.5. The SMILES string of the molecule is CC(=O)Cc1c(C)c(Br)cc2c1OCCO2. The lowest BCUT2D eigenvalue weighted by molar-refractivity contribution is -0.116. The summed E-state index contributed by atoms with van der Waals surface area (Å²) in [6, 6.07) is 1.90. The van der Waals surface area contributed by atoms with E-state index in [4.69, 9.17) is 9.47 Å². The molecule has 4 heteroatoms. The van der Waals surface area contributed by atoms with Crippen molar-refractivity contribution in [1.29, 1.82) is 0 Å². The number of carbonyl (C=O) groups is 1. The number of fused-ring (bicyclic) bond motifs is 1. The molecule has 1 aliphatic heterocycles. The molecule has 1 heterocycles. The highest BCUT2D eigenvalue weighted by molar-refractivity contribution is 9.10. The van der Waals surface area contributed by atoms with Gasteiger partial charge in [-0.15, -0.1) is 0 Å². The predicted octanol–water partition coefficient (Wildman–Crippen LogP) is 2.66. The molecule has 2 rings (SSSR count). The van der Waals surface area contributed by atoms with E-state index in [0.29, 0.717) is 19.6 Å². The lowest BCUT2D eigenvalue weighted by atomic mass is 10.0. The van der Waals surface area contributed by atoms with E-state index < -0.39 is 0 Å². The zero-order valence-corrected chi connectivity index (χ0v) is 10.9. The molecule has 86 valence electrons. The van der Waals surface area contributed by atoms with Crippen LogP contribution in [0.4, 0.5) is 0 Å². The second-order valence-electron chi connectivity index (χ2n) is 3.86. The maximum absolute atomic E-state index is 11.3. The summed E-state index contributed by atoms with van der Waals surface area (Å²) in [7, 11) is 0. The zero-order chi connectivity index (χ0) is 11.7. The fourth-order valence-corrected chi connectivity index (χ4v) is 2.22. The Morgan fingerprint density at radius 3 is 2.81 bits per heavy atom. The van der Waals surface area contributed by atoms with Crippen LogP contribution in [0.15, 0.2) is 10.5 Å². The Labute approximate surface area is 103 Å². The number of hydrogen-bond acceptors (Lipinski definition) is 3. The summed E-state index contributed by atoms with van der Waals surface area (Å²) in [5.41, 5.74) is 1.97. The molecule has 0 aliphatic carbocycles. The quantitative estimate of drug-likeness (QED) is 0.838. The maximum atomic E-state index is 11.3. The molecule has 0 radical (unpaired) electrons. The van der Waals surface area contributed by atoms with E-state index in [2.05, 4.69) is 15.9 Å². The monoisotopic (exact) mass is 284 g/mol. The van der Waals surface area contributed by atoms with Crippen LogP contribution in [0, 0.1) is 6.92 Å². The maximum Gasteiger partial charge on any atom is 0.165 e. The molecule has 0 saturated carbocycles. The highest BCUT2D eigenvalue weighted by Crippen LogP contribution is 2.40. The van der Waals surface area contributed by atoms with Crippen LogP contribution >= 0.6 is 15.9 Å². The smallest absolute Gasteiger partial charge is 0.165 e. The van der Waals surface area contributed by atoms with Gasteiger partial charge in [0.15, 0.2) is 11.5 Å². The van der Waals surface area contributed by atoms with E-state index in [9.17, 15) is 4.79 Å². The lowest BCUT2D eigenvalue weighted by Crippen LogP contribution is -2.18.